The van der Waals surface area contributed by atoms with E-state index >= 15 is 0 Å². The molecule has 0 aromatic heterocycles. The first kappa shape index (κ1) is 12.5. The predicted octanol–water partition coefficient (Wildman–Crippen LogP) is 3.51. The quantitative estimate of drug-likeness (QED) is 0.738. The van der Waals surface area contributed by atoms with Crippen molar-refractivity contribution in [2.45, 2.75) is 13.8 Å². The standard InChI is InChI=1S/C11H17O2PS/c1-4-14(15,5-2)13-11-8-6-10(12-3)7-9-11/h6-9H,4-5H2,1-3H3. The van der Waals surface area contributed by atoms with E-state index in [1.54, 1.807) is 7.11 Å². The van der Waals surface area contributed by atoms with Crippen LogP contribution in [0.15, 0.2) is 24.3 Å². The van der Waals surface area contributed by atoms with Crippen LogP contribution in [0.5, 0.6) is 11.5 Å². The second-order valence-corrected chi connectivity index (χ2v) is 8.29. The first-order valence-electron chi connectivity index (χ1n) is 5.05. The molecule has 0 saturated heterocycles. The summed E-state index contributed by atoms with van der Waals surface area (Å²) in [7, 11) is 1.65. The van der Waals surface area contributed by atoms with Crippen LogP contribution < -0.4 is 9.26 Å². The molecule has 0 aliphatic heterocycles. The van der Waals surface area contributed by atoms with Crippen molar-refractivity contribution in [1.82, 2.24) is 0 Å². The monoisotopic (exact) mass is 244 g/mol. The van der Waals surface area contributed by atoms with E-state index < -0.39 is 6.26 Å². The molecular formula is C11H17O2PS. The molecular weight excluding hydrogens is 227 g/mol. The highest BCUT2D eigenvalue weighted by Gasteiger charge is 2.13. The summed E-state index contributed by atoms with van der Waals surface area (Å²) >= 11 is 5.51. The minimum absolute atomic E-state index is 0.837. The predicted molar refractivity (Wildman–Crippen MR) is 69.0 cm³/mol. The van der Waals surface area contributed by atoms with E-state index in [1.807, 2.05) is 24.3 Å². The molecule has 0 fully saturated rings. The molecule has 4 heteroatoms. The topological polar surface area (TPSA) is 18.5 Å². The van der Waals surface area contributed by atoms with Gasteiger partial charge in [0.05, 0.1) is 7.11 Å². The summed E-state index contributed by atoms with van der Waals surface area (Å²) in [5.41, 5.74) is 0. The Labute approximate surface area is 96.7 Å². The van der Waals surface area contributed by atoms with Crippen molar-refractivity contribution in [1.29, 1.82) is 0 Å². The molecule has 0 aliphatic carbocycles. The van der Waals surface area contributed by atoms with Gasteiger partial charge >= 0.3 is 0 Å². The molecule has 0 spiro atoms. The molecule has 0 N–H and O–H groups in total. The van der Waals surface area contributed by atoms with E-state index in [4.69, 9.17) is 21.1 Å². The maximum atomic E-state index is 5.87. The number of ether oxygens (including phenoxy) is 1. The minimum Gasteiger partial charge on any atom is -0.497 e. The summed E-state index contributed by atoms with van der Waals surface area (Å²) in [5.74, 6) is 1.69. The van der Waals surface area contributed by atoms with Crippen LogP contribution in [0.2, 0.25) is 0 Å². The maximum Gasteiger partial charge on any atom is 0.124 e. The summed E-state index contributed by atoms with van der Waals surface area (Å²) in [4.78, 5) is 0. The summed E-state index contributed by atoms with van der Waals surface area (Å²) in [6.45, 7) is 4.18. The third kappa shape index (κ3) is 3.51. The largest absolute Gasteiger partial charge is 0.497 e. The molecule has 0 bridgehead atoms. The van der Waals surface area contributed by atoms with Crippen molar-refractivity contribution in [2.75, 3.05) is 19.4 Å². The zero-order valence-electron chi connectivity index (χ0n) is 9.40. The molecule has 2 nitrogen and oxygen atoms in total. The SMILES string of the molecule is CCP(=S)(CC)Oc1ccc(OC)cc1. The number of rotatable bonds is 5. The number of methoxy groups -OCH3 is 1. The van der Waals surface area contributed by atoms with Gasteiger partial charge in [0.15, 0.2) is 0 Å². The van der Waals surface area contributed by atoms with E-state index in [9.17, 15) is 0 Å². The summed E-state index contributed by atoms with van der Waals surface area (Å²) in [6.07, 6.45) is 0.237. The lowest BCUT2D eigenvalue weighted by Crippen LogP contribution is -1.97. The lowest BCUT2D eigenvalue weighted by molar-refractivity contribution is 0.414. The molecule has 0 saturated carbocycles. The second-order valence-electron chi connectivity index (χ2n) is 3.21. The third-order valence-corrected chi connectivity index (χ3v) is 6.54. The van der Waals surface area contributed by atoms with Crippen molar-refractivity contribution in [2.24, 2.45) is 0 Å². The Morgan fingerprint density at radius 1 is 1.07 bits per heavy atom. The van der Waals surface area contributed by atoms with Gasteiger partial charge in [-0.15, -0.1) is 0 Å². The van der Waals surface area contributed by atoms with Crippen molar-refractivity contribution >= 4 is 18.1 Å². The van der Waals surface area contributed by atoms with Crippen LogP contribution in [0.1, 0.15) is 13.8 Å². The van der Waals surface area contributed by atoms with Crippen LogP contribution in [-0.4, -0.2) is 19.4 Å². The van der Waals surface area contributed by atoms with Crippen molar-refractivity contribution in [3.63, 3.8) is 0 Å². The van der Waals surface area contributed by atoms with Gasteiger partial charge in [0, 0.05) is 12.3 Å². The Morgan fingerprint density at radius 2 is 1.53 bits per heavy atom. The average molecular weight is 244 g/mol. The maximum absolute atomic E-state index is 5.87. The van der Waals surface area contributed by atoms with Gasteiger partial charge in [-0.05, 0) is 24.3 Å². The van der Waals surface area contributed by atoms with Gasteiger partial charge in [-0.2, -0.15) is 0 Å². The Kier molecular flexibility index (Phi) is 4.62. The second kappa shape index (κ2) is 5.53. The number of benzene rings is 1. The van der Waals surface area contributed by atoms with Gasteiger partial charge < -0.3 is 9.26 Å². The van der Waals surface area contributed by atoms with E-state index in [0.717, 1.165) is 23.8 Å². The Bertz CT molecular complexity index is 340. The molecule has 0 aliphatic rings. The molecule has 15 heavy (non-hydrogen) atoms. The van der Waals surface area contributed by atoms with Crippen LogP contribution >= 0.6 is 6.26 Å². The first-order valence-corrected chi connectivity index (χ1v) is 8.14. The molecule has 1 rings (SSSR count). The average Bonchev–Trinajstić information content (AvgIpc) is 2.30. The van der Waals surface area contributed by atoms with Crippen molar-refractivity contribution in [3.05, 3.63) is 24.3 Å². The minimum atomic E-state index is -1.63. The Morgan fingerprint density at radius 3 is 1.93 bits per heavy atom. The normalized spacial score (nSPS) is 11.1. The lowest BCUT2D eigenvalue weighted by atomic mass is 10.3. The van der Waals surface area contributed by atoms with Gasteiger partial charge in [-0.1, -0.05) is 25.7 Å². The molecule has 0 radical (unpaired) electrons. The van der Waals surface area contributed by atoms with Crippen molar-refractivity contribution < 1.29 is 9.26 Å². The molecule has 1 aromatic carbocycles. The number of hydrogen-bond acceptors (Lipinski definition) is 3. The molecule has 1 aromatic rings. The third-order valence-electron chi connectivity index (χ3n) is 2.29. The van der Waals surface area contributed by atoms with Crippen LogP contribution in [0.25, 0.3) is 0 Å². The van der Waals surface area contributed by atoms with Gasteiger partial charge in [-0.25, -0.2) is 0 Å². The lowest BCUT2D eigenvalue weighted by Gasteiger charge is -2.20. The van der Waals surface area contributed by atoms with Crippen molar-refractivity contribution in [3.8, 4) is 11.5 Å². The van der Waals surface area contributed by atoms with Crippen LogP contribution in [-0.2, 0) is 11.8 Å². The first-order chi connectivity index (χ1) is 7.13. The van der Waals surface area contributed by atoms with E-state index in [2.05, 4.69) is 13.8 Å². The van der Waals surface area contributed by atoms with Crippen LogP contribution in [0.4, 0.5) is 0 Å². The van der Waals surface area contributed by atoms with E-state index in [1.165, 1.54) is 0 Å². The highest BCUT2D eigenvalue weighted by Crippen LogP contribution is 2.46. The van der Waals surface area contributed by atoms with Gasteiger partial charge in [0.2, 0.25) is 0 Å². The highest BCUT2D eigenvalue weighted by molar-refractivity contribution is 8.12. The summed E-state index contributed by atoms with van der Waals surface area (Å²) in [6, 6.07) is 7.59. The van der Waals surface area contributed by atoms with Gasteiger partial charge in [-0.3, -0.25) is 0 Å². The fourth-order valence-corrected chi connectivity index (χ4v) is 2.65. The Balaban J connectivity index is 2.76. The highest BCUT2D eigenvalue weighted by atomic mass is 32.4. The van der Waals surface area contributed by atoms with E-state index in [0.29, 0.717) is 0 Å². The van der Waals surface area contributed by atoms with Gasteiger partial charge in [0.25, 0.3) is 0 Å². The molecule has 0 unspecified atom stereocenters. The summed E-state index contributed by atoms with van der Waals surface area (Å²) in [5, 5.41) is 0. The fourth-order valence-electron chi connectivity index (χ4n) is 1.18. The van der Waals surface area contributed by atoms with Crippen LogP contribution in [0.3, 0.4) is 0 Å². The van der Waals surface area contributed by atoms with Gasteiger partial charge in [0.1, 0.15) is 17.8 Å². The number of hydrogen-bond donors (Lipinski definition) is 0. The zero-order valence-corrected chi connectivity index (χ0v) is 11.1. The Hall–Kier alpha value is -0.530. The zero-order chi connectivity index (χ0) is 11.3. The van der Waals surface area contributed by atoms with Crippen LogP contribution in [0, 0.1) is 0 Å². The molecule has 0 amide bonds. The smallest absolute Gasteiger partial charge is 0.124 e. The molecule has 0 atom stereocenters. The fraction of sp³-hybridized carbons (Fsp3) is 0.455. The van der Waals surface area contributed by atoms with E-state index in [-0.39, 0.29) is 0 Å². The molecule has 84 valence electrons. The molecule has 0 heterocycles. The summed E-state index contributed by atoms with van der Waals surface area (Å²) < 4.78 is 10.9.